The maximum atomic E-state index is 12.4. The van der Waals surface area contributed by atoms with Crippen LogP contribution in [0.4, 0.5) is 4.79 Å². The van der Waals surface area contributed by atoms with E-state index in [9.17, 15) is 4.79 Å². The van der Waals surface area contributed by atoms with Crippen molar-refractivity contribution in [2.75, 3.05) is 6.54 Å². The number of nitrogens with one attached hydrogen (secondary N) is 1. The Morgan fingerprint density at radius 1 is 1.48 bits per heavy atom. The Kier molecular flexibility index (Phi) is 3.87. The van der Waals surface area contributed by atoms with Crippen LogP contribution in [0.5, 0.6) is 0 Å². The number of rotatable bonds is 5. The molecule has 2 aliphatic rings. The molecule has 2 atom stereocenters. The lowest BCUT2D eigenvalue weighted by Crippen LogP contribution is -2.45. The number of carbonyl (C=O) groups excluding carboxylic acids is 1. The molecule has 2 heterocycles. The fraction of sp³-hybridized carbons (Fsp3) is 0.800. The predicted octanol–water partition coefficient (Wildman–Crippen LogP) is 1.80. The van der Waals surface area contributed by atoms with Gasteiger partial charge in [0.25, 0.3) is 0 Å². The highest BCUT2D eigenvalue weighted by molar-refractivity contribution is 5.74. The van der Waals surface area contributed by atoms with Crippen LogP contribution in [0.2, 0.25) is 0 Å². The van der Waals surface area contributed by atoms with Gasteiger partial charge in [-0.3, -0.25) is 0 Å². The topological polar surface area (TPSA) is 63.1 Å². The molecule has 3 rings (SSSR count). The van der Waals surface area contributed by atoms with E-state index < -0.39 is 0 Å². The number of aryl methyl sites for hydroxylation is 1. The van der Waals surface area contributed by atoms with E-state index in [-0.39, 0.29) is 12.1 Å². The van der Waals surface area contributed by atoms with Gasteiger partial charge in [-0.1, -0.05) is 6.92 Å². The second-order valence-electron chi connectivity index (χ2n) is 6.67. The number of hydrogen-bond acceptors (Lipinski definition) is 3. The molecular weight excluding hydrogens is 266 g/mol. The Morgan fingerprint density at radius 3 is 2.90 bits per heavy atom. The second-order valence-corrected chi connectivity index (χ2v) is 6.67. The van der Waals surface area contributed by atoms with Gasteiger partial charge in [0.1, 0.15) is 5.82 Å². The summed E-state index contributed by atoms with van der Waals surface area (Å²) < 4.78 is 2.13. The number of amides is 2. The van der Waals surface area contributed by atoms with Crippen molar-refractivity contribution < 1.29 is 4.79 Å². The first-order valence-electron chi connectivity index (χ1n) is 8.01. The van der Waals surface area contributed by atoms with Gasteiger partial charge in [-0.15, -0.1) is 10.2 Å². The van der Waals surface area contributed by atoms with Gasteiger partial charge in [-0.25, -0.2) is 4.79 Å². The van der Waals surface area contributed by atoms with E-state index >= 15 is 0 Å². The third-order valence-corrected chi connectivity index (χ3v) is 4.68. The molecule has 0 saturated heterocycles. The minimum absolute atomic E-state index is 0.0134. The molecule has 1 aliphatic carbocycles. The molecule has 21 heavy (non-hydrogen) atoms. The average molecular weight is 291 g/mol. The molecule has 2 amide bonds. The smallest absolute Gasteiger partial charge is 0.318 e. The van der Waals surface area contributed by atoms with Gasteiger partial charge in [-0.2, -0.15) is 0 Å². The van der Waals surface area contributed by atoms with Gasteiger partial charge in [0.15, 0.2) is 5.82 Å². The van der Waals surface area contributed by atoms with Crippen LogP contribution in [0.25, 0.3) is 0 Å². The van der Waals surface area contributed by atoms with E-state index in [1.54, 1.807) is 0 Å². The summed E-state index contributed by atoms with van der Waals surface area (Å²) in [7, 11) is 0. The highest BCUT2D eigenvalue weighted by atomic mass is 16.2. The number of carbonyl (C=O) groups is 1. The summed E-state index contributed by atoms with van der Waals surface area (Å²) in [4.78, 5) is 14.3. The largest absolute Gasteiger partial charge is 0.331 e. The lowest BCUT2D eigenvalue weighted by molar-refractivity contribution is 0.178. The number of aromatic nitrogens is 3. The quantitative estimate of drug-likeness (QED) is 0.899. The molecule has 6 nitrogen and oxygen atoms in total. The van der Waals surface area contributed by atoms with Crippen molar-refractivity contribution in [2.45, 2.75) is 59.2 Å². The van der Waals surface area contributed by atoms with E-state index in [0.29, 0.717) is 12.5 Å². The lowest BCUT2D eigenvalue weighted by Gasteiger charge is -2.27. The fourth-order valence-corrected chi connectivity index (χ4v) is 3.03. The molecule has 1 aromatic rings. The summed E-state index contributed by atoms with van der Waals surface area (Å²) in [5, 5.41) is 11.4. The Labute approximate surface area is 125 Å². The molecule has 0 unspecified atom stereocenters. The van der Waals surface area contributed by atoms with Crippen molar-refractivity contribution in [3.8, 4) is 0 Å². The van der Waals surface area contributed by atoms with Gasteiger partial charge in [0.05, 0.1) is 6.54 Å². The summed E-state index contributed by atoms with van der Waals surface area (Å²) in [6.45, 7) is 8.70. The molecule has 1 fully saturated rings. The van der Waals surface area contributed by atoms with Crippen LogP contribution in [0, 0.1) is 11.8 Å². The highest BCUT2D eigenvalue weighted by Gasteiger charge is 2.35. The zero-order valence-corrected chi connectivity index (χ0v) is 13.2. The molecule has 1 saturated carbocycles. The summed E-state index contributed by atoms with van der Waals surface area (Å²) >= 11 is 0. The van der Waals surface area contributed by atoms with Gasteiger partial charge in [-0.05, 0) is 38.5 Å². The van der Waals surface area contributed by atoms with Crippen LogP contribution < -0.4 is 5.32 Å². The van der Waals surface area contributed by atoms with Crippen LogP contribution in [-0.2, 0) is 19.5 Å². The minimum Gasteiger partial charge on any atom is -0.331 e. The van der Waals surface area contributed by atoms with Crippen molar-refractivity contribution >= 4 is 6.03 Å². The first kappa shape index (κ1) is 14.4. The van der Waals surface area contributed by atoms with Gasteiger partial charge >= 0.3 is 6.03 Å². The molecule has 116 valence electrons. The van der Waals surface area contributed by atoms with E-state index in [1.165, 1.54) is 6.42 Å². The molecule has 0 bridgehead atoms. The van der Waals surface area contributed by atoms with E-state index in [2.05, 4.69) is 40.9 Å². The second kappa shape index (κ2) is 5.66. The molecule has 1 aromatic heterocycles. The molecule has 1 N–H and O–H groups in total. The van der Waals surface area contributed by atoms with Crippen molar-refractivity contribution in [1.29, 1.82) is 0 Å². The normalized spacial score (nSPS) is 23.2. The number of hydrogen-bond donors (Lipinski definition) is 1. The summed E-state index contributed by atoms with van der Waals surface area (Å²) in [6, 6.07) is 0.237. The van der Waals surface area contributed by atoms with Crippen LogP contribution in [0.15, 0.2) is 0 Å². The molecule has 0 spiro atoms. The predicted molar refractivity (Wildman–Crippen MR) is 79.7 cm³/mol. The fourth-order valence-electron chi connectivity index (χ4n) is 3.03. The van der Waals surface area contributed by atoms with Crippen molar-refractivity contribution in [3.63, 3.8) is 0 Å². The highest BCUT2D eigenvalue weighted by Crippen LogP contribution is 2.38. The molecular formula is C15H25N5O. The van der Waals surface area contributed by atoms with E-state index in [1.807, 2.05) is 4.90 Å². The Balaban J connectivity index is 1.56. The number of fused-ring (bicyclic) bond motifs is 1. The number of urea groups is 1. The molecule has 0 radical (unpaired) electrons. The van der Waals surface area contributed by atoms with Gasteiger partial charge in [0, 0.05) is 25.6 Å². The molecule has 1 aliphatic heterocycles. The third-order valence-electron chi connectivity index (χ3n) is 4.68. The summed E-state index contributed by atoms with van der Waals surface area (Å²) in [5.74, 6) is 3.36. The van der Waals surface area contributed by atoms with Gasteiger partial charge < -0.3 is 14.8 Å². The van der Waals surface area contributed by atoms with Crippen molar-refractivity contribution in [1.82, 2.24) is 25.0 Å². The standard InChI is InChI=1S/C15H25N5O/c1-10(2)20(9-12-7-11(12)3)15(21)16-8-14-18-17-13-5-4-6-19(13)14/h10-12H,4-9H2,1-3H3,(H,16,21)/t11-,12-/m1/s1. The monoisotopic (exact) mass is 291 g/mol. The Bertz CT molecular complexity index is 524. The average Bonchev–Trinajstić information content (AvgIpc) is 2.85. The zero-order chi connectivity index (χ0) is 15.0. The first-order chi connectivity index (χ1) is 10.1. The molecule has 0 aromatic carbocycles. The summed E-state index contributed by atoms with van der Waals surface area (Å²) in [6.07, 6.45) is 3.37. The Morgan fingerprint density at radius 2 is 2.24 bits per heavy atom. The van der Waals surface area contributed by atoms with Crippen molar-refractivity contribution in [2.24, 2.45) is 11.8 Å². The van der Waals surface area contributed by atoms with Crippen LogP contribution in [0.1, 0.15) is 45.3 Å². The Hall–Kier alpha value is -1.59. The van der Waals surface area contributed by atoms with E-state index in [4.69, 9.17) is 0 Å². The van der Waals surface area contributed by atoms with Crippen LogP contribution in [-0.4, -0.2) is 38.3 Å². The minimum atomic E-state index is 0.0134. The maximum Gasteiger partial charge on any atom is 0.318 e. The third kappa shape index (κ3) is 3.04. The maximum absolute atomic E-state index is 12.4. The van der Waals surface area contributed by atoms with E-state index in [0.717, 1.165) is 43.5 Å². The van der Waals surface area contributed by atoms with Crippen LogP contribution in [0.3, 0.4) is 0 Å². The summed E-state index contributed by atoms with van der Waals surface area (Å²) in [5.41, 5.74) is 0. The number of nitrogens with zero attached hydrogens (tertiary/aromatic N) is 4. The van der Waals surface area contributed by atoms with Crippen LogP contribution >= 0.6 is 0 Å². The zero-order valence-electron chi connectivity index (χ0n) is 13.2. The SMILES string of the molecule is CC(C)N(C[C@H]1C[C@H]1C)C(=O)NCc1nnc2n1CCC2. The van der Waals surface area contributed by atoms with Gasteiger partial charge in [0.2, 0.25) is 0 Å². The van der Waals surface area contributed by atoms with Crippen molar-refractivity contribution in [3.05, 3.63) is 11.6 Å². The first-order valence-corrected chi connectivity index (χ1v) is 8.01. The molecule has 6 heteroatoms. The lowest BCUT2D eigenvalue weighted by atomic mass is 10.2.